The van der Waals surface area contributed by atoms with E-state index in [2.05, 4.69) is 5.32 Å². The summed E-state index contributed by atoms with van der Waals surface area (Å²) in [4.78, 5) is 35.4. The minimum Gasteiger partial charge on any atom is -0.368 e. The second kappa shape index (κ2) is 5.09. The maximum absolute atomic E-state index is 11.6. The van der Waals surface area contributed by atoms with Crippen LogP contribution in [0.1, 0.15) is 0 Å². The summed E-state index contributed by atoms with van der Waals surface area (Å²) in [7, 11) is 0. The molecule has 0 aromatic heterocycles. The number of rotatable bonds is 4. The minimum absolute atomic E-state index is 0.123. The molecule has 6 nitrogen and oxygen atoms in total. The highest BCUT2D eigenvalue weighted by atomic mass is 32.2. The highest BCUT2D eigenvalue weighted by Gasteiger charge is 2.37. The normalized spacial score (nSPS) is 18.6. The van der Waals surface area contributed by atoms with Crippen molar-refractivity contribution in [3.05, 3.63) is 30.3 Å². The number of amides is 3. The van der Waals surface area contributed by atoms with E-state index in [-0.39, 0.29) is 6.54 Å². The Balaban J connectivity index is 2.28. The zero-order valence-electron chi connectivity index (χ0n) is 9.33. The highest BCUT2D eigenvalue weighted by molar-refractivity contribution is 8.15. The Hall–Kier alpha value is -2.02. The number of carbonyl (C=O) groups is 3. The van der Waals surface area contributed by atoms with E-state index >= 15 is 0 Å². The Bertz CT molecular complexity index is 492. The Kier molecular flexibility index (Phi) is 3.52. The molecule has 1 aromatic rings. The standard InChI is InChI=1S/C11H11N3O3S/c12-8(15)6-14(7-4-2-1-3-5-7)10-9(16)13-11(17)18-10/h1-5,10H,6H2,(H2,12,15)(H,13,16,17). The summed E-state index contributed by atoms with van der Waals surface area (Å²) in [6, 6.07) is 8.88. The maximum atomic E-state index is 11.6. The molecular weight excluding hydrogens is 254 g/mol. The number of nitrogens with two attached hydrogens (primary N) is 1. The van der Waals surface area contributed by atoms with Crippen LogP contribution in [-0.2, 0) is 9.59 Å². The van der Waals surface area contributed by atoms with Crippen molar-refractivity contribution < 1.29 is 14.4 Å². The van der Waals surface area contributed by atoms with E-state index in [1.165, 1.54) is 4.90 Å². The van der Waals surface area contributed by atoms with Gasteiger partial charge in [-0.05, 0) is 23.9 Å². The fourth-order valence-corrected chi connectivity index (χ4v) is 2.50. The first-order valence-corrected chi connectivity index (χ1v) is 6.07. The molecule has 1 unspecified atom stereocenters. The summed E-state index contributed by atoms with van der Waals surface area (Å²) in [5, 5.41) is 1.00. The number of hydrogen-bond donors (Lipinski definition) is 2. The van der Waals surface area contributed by atoms with Crippen LogP contribution in [0.4, 0.5) is 10.5 Å². The lowest BCUT2D eigenvalue weighted by molar-refractivity contribution is -0.119. The molecule has 94 valence electrons. The molecule has 1 aliphatic rings. The van der Waals surface area contributed by atoms with Crippen LogP contribution >= 0.6 is 11.8 Å². The van der Waals surface area contributed by atoms with Crippen molar-refractivity contribution in [2.24, 2.45) is 5.73 Å². The maximum Gasteiger partial charge on any atom is 0.288 e. The first-order chi connectivity index (χ1) is 8.58. The fourth-order valence-electron chi connectivity index (χ4n) is 1.65. The van der Waals surface area contributed by atoms with Crippen LogP contribution < -0.4 is 16.0 Å². The van der Waals surface area contributed by atoms with Crippen molar-refractivity contribution in [2.45, 2.75) is 5.37 Å². The number of imide groups is 1. The van der Waals surface area contributed by atoms with E-state index in [1.54, 1.807) is 24.3 Å². The zero-order valence-corrected chi connectivity index (χ0v) is 10.1. The van der Waals surface area contributed by atoms with Crippen LogP contribution in [0.15, 0.2) is 30.3 Å². The van der Waals surface area contributed by atoms with E-state index < -0.39 is 22.4 Å². The average molecular weight is 265 g/mol. The predicted molar refractivity (Wildman–Crippen MR) is 67.9 cm³/mol. The molecule has 0 bridgehead atoms. The van der Waals surface area contributed by atoms with Crippen LogP contribution in [0.5, 0.6) is 0 Å². The number of carbonyl (C=O) groups excluding carboxylic acids is 3. The van der Waals surface area contributed by atoms with Gasteiger partial charge in [-0.3, -0.25) is 19.7 Å². The molecule has 2 rings (SSSR count). The summed E-state index contributed by atoms with van der Waals surface area (Å²) >= 11 is 0.837. The van der Waals surface area contributed by atoms with Crippen molar-refractivity contribution in [2.75, 3.05) is 11.4 Å². The molecule has 0 spiro atoms. The van der Waals surface area contributed by atoms with Gasteiger partial charge < -0.3 is 10.6 Å². The van der Waals surface area contributed by atoms with Gasteiger partial charge in [-0.15, -0.1) is 0 Å². The summed E-state index contributed by atoms with van der Waals surface area (Å²) in [5.74, 6) is -0.998. The monoisotopic (exact) mass is 265 g/mol. The number of benzene rings is 1. The van der Waals surface area contributed by atoms with Gasteiger partial charge in [-0.1, -0.05) is 18.2 Å². The van der Waals surface area contributed by atoms with Gasteiger partial charge in [0, 0.05) is 5.69 Å². The van der Waals surface area contributed by atoms with Crippen molar-refractivity contribution in [1.82, 2.24) is 5.32 Å². The molecule has 1 atom stereocenters. The second-order valence-corrected chi connectivity index (χ2v) is 4.73. The van der Waals surface area contributed by atoms with Crippen LogP contribution in [0, 0.1) is 0 Å². The van der Waals surface area contributed by atoms with Gasteiger partial charge in [0.05, 0.1) is 6.54 Å². The first-order valence-electron chi connectivity index (χ1n) is 5.19. The Morgan fingerprint density at radius 2 is 2.00 bits per heavy atom. The van der Waals surface area contributed by atoms with Gasteiger partial charge in [-0.25, -0.2) is 0 Å². The molecule has 1 fully saturated rings. The molecule has 3 amide bonds. The Morgan fingerprint density at radius 3 is 2.50 bits per heavy atom. The van der Waals surface area contributed by atoms with Crippen LogP contribution in [0.2, 0.25) is 0 Å². The van der Waals surface area contributed by atoms with Crippen molar-refractivity contribution in [1.29, 1.82) is 0 Å². The zero-order chi connectivity index (χ0) is 13.1. The Morgan fingerprint density at radius 1 is 1.33 bits per heavy atom. The lowest BCUT2D eigenvalue weighted by atomic mass is 10.2. The summed E-state index contributed by atoms with van der Waals surface area (Å²) < 4.78 is 0. The lowest BCUT2D eigenvalue weighted by Gasteiger charge is -2.26. The quantitative estimate of drug-likeness (QED) is 0.816. The molecule has 0 radical (unpaired) electrons. The summed E-state index contributed by atoms with van der Waals surface area (Å²) in [6.07, 6.45) is 0. The molecule has 0 aliphatic carbocycles. The molecule has 18 heavy (non-hydrogen) atoms. The highest BCUT2D eigenvalue weighted by Crippen LogP contribution is 2.27. The topological polar surface area (TPSA) is 92.5 Å². The van der Waals surface area contributed by atoms with E-state index in [4.69, 9.17) is 5.73 Å². The molecule has 1 aromatic carbocycles. The molecule has 1 aliphatic heterocycles. The number of thioether (sulfide) groups is 1. The predicted octanol–water partition coefficient (Wildman–Crippen LogP) is 0.287. The van der Waals surface area contributed by atoms with Gasteiger partial charge >= 0.3 is 0 Å². The SMILES string of the molecule is NC(=O)CN(c1ccccc1)C1SC(=O)NC1=O. The number of hydrogen-bond acceptors (Lipinski definition) is 5. The van der Waals surface area contributed by atoms with Gasteiger partial charge in [0.1, 0.15) is 0 Å². The lowest BCUT2D eigenvalue weighted by Crippen LogP contribution is -2.44. The smallest absolute Gasteiger partial charge is 0.288 e. The second-order valence-electron chi connectivity index (χ2n) is 3.68. The van der Waals surface area contributed by atoms with Crippen molar-refractivity contribution in [3.8, 4) is 0 Å². The van der Waals surface area contributed by atoms with Crippen LogP contribution in [-0.4, -0.2) is 29.0 Å². The number of nitrogens with zero attached hydrogens (tertiary/aromatic N) is 1. The molecule has 1 heterocycles. The van der Waals surface area contributed by atoms with E-state index in [0.29, 0.717) is 5.69 Å². The third-order valence-electron chi connectivity index (χ3n) is 2.37. The average Bonchev–Trinajstić information content (AvgIpc) is 2.66. The first kappa shape index (κ1) is 12.4. The van der Waals surface area contributed by atoms with Crippen molar-refractivity contribution in [3.63, 3.8) is 0 Å². The summed E-state index contributed by atoms with van der Waals surface area (Å²) in [6.45, 7) is -0.123. The van der Waals surface area contributed by atoms with Crippen LogP contribution in [0.25, 0.3) is 0 Å². The number of nitrogens with one attached hydrogen (secondary N) is 1. The van der Waals surface area contributed by atoms with Crippen molar-refractivity contribution >= 4 is 34.5 Å². The Labute approximate surface area is 108 Å². The molecule has 0 saturated carbocycles. The molecule has 7 heteroatoms. The fraction of sp³-hybridized carbons (Fsp3) is 0.182. The minimum atomic E-state index is -0.757. The number of para-hydroxylation sites is 1. The van der Waals surface area contributed by atoms with E-state index in [9.17, 15) is 14.4 Å². The van der Waals surface area contributed by atoms with E-state index in [1.807, 2.05) is 6.07 Å². The van der Waals surface area contributed by atoms with Gasteiger partial charge in [0.2, 0.25) is 5.91 Å². The molecule has 1 saturated heterocycles. The van der Waals surface area contributed by atoms with Gasteiger partial charge in [-0.2, -0.15) is 0 Å². The third kappa shape index (κ3) is 2.62. The largest absolute Gasteiger partial charge is 0.368 e. The number of primary amides is 1. The van der Waals surface area contributed by atoms with E-state index in [0.717, 1.165) is 11.8 Å². The van der Waals surface area contributed by atoms with Crippen LogP contribution in [0.3, 0.4) is 0 Å². The van der Waals surface area contributed by atoms with Gasteiger partial charge in [0.15, 0.2) is 5.37 Å². The summed E-state index contributed by atoms with van der Waals surface area (Å²) in [5.41, 5.74) is 5.84. The number of anilines is 1. The molecule has 3 N–H and O–H groups in total. The van der Waals surface area contributed by atoms with Gasteiger partial charge in [0.25, 0.3) is 11.1 Å². The third-order valence-corrected chi connectivity index (χ3v) is 3.37. The molecular formula is C11H11N3O3S.